The quantitative estimate of drug-likeness (QED) is 0.897. The number of nitrogens with two attached hydrogens (primary N) is 1. The predicted octanol–water partition coefficient (Wildman–Crippen LogP) is 3.37. The zero-order valence-corrected chi connectivity index (χ0v) is 15.3. The minimum Gasteiger partial charge on any atom is -0.438 e. The summed E-state index contributed by atoms with van der Waals surface area (Å²) in [6.45, 7) is 5.30. The van der Waals surface area contributed by atoms with Gasteiger partial charge in [0.2, 0.25) is 5.88 Å². The molecule has 0 unspecified atom stereocenters. The molecule has 1 aromatic heterocycles. The zero-order chi connectivity index (χ0) is 18.1. The van der Waals surface area contributed by atoms with E-state index in [-0.39, 0.29) is 0 Å². The van der Waals surface area contributed by atoms with Gasteiger partial charge in [-0.05, 0) is 87.0 Å². The van der Waals surface area contributed by atoms with Crippen LogP contribution in [0.5, 0.6) is 11.6 Å². The number of pyridine rings is 1. The summed E-state index contributed by atoms with van der Waals surface area (Å²) in [5.41, 5.74) is 10.4. The maximum Gasteiger partial charge on any atom is 0.254 e. The van der Waals surface area contributed by atoms with Crippen LogP contribution in [0, 0.1) is 6.92 Å². The molecule has 1 aromatic carbocycles. The van der Waals surface area contributed by atoms with E-state index in [1.165, 1.54) is 18.4 Å². The van der Waals surface area contributed by atoms with Gasteiger partial charge in [0.05, 0.1) is 0 Å². The van der Waals surface area contributed by atoms with E-state index in [4.69, 9.17) is 10.5 Å². The van der Waals surface area contributed by atoms with Gasteiger partial charge in [-0.1, -0.05) is 6.07 Å². The molecule has 26 heavy (non-hydrogen) atoms. The van der Waals surface area contributed by atoms with Crippen LogP contribution >= 0.6 is 0 Å². The van der Waals surface area contributed by atoms with E-state index in [1.54, 1.807) is 0 Å². The second-order valence-electron chi connectivity index (χ2n) is 7.40. The van der Waals surface area contributed by atoms with Crippen molar-refractivity contribution in [3.05, 3.63) is 52.2 Å². The number of aromatic nitrogens is 1. The number of rotatable bonds is 5. The standard InChI is InChI=1S/C21H25N3O2/c1-14-9-15(13-24-7-2-3-8-24)11-17(10-14)26-21-18(20(22)25)12-16-5-4-6-19(16)23-21/h9-12H,2-8,13H2,1H3,(H2,22,25). The lowest BCUT2D eigenvalue weighted by Crippen LogP contribution is -2.18. The third kappa shape index (κ3) is 3.58. The number of amides is 1. The Hall–Kier alpha value is -2.40. The normalized spacial score (nSPS) is 16.7. The van der Waals surface area contributed by atoms with Crippen molar-refractivity contribution in [3.8, 4) is 11.6 Å². The minimum absolute atomic E-state index is 0.330. The molecule has 2 aromatic rings. The fourth-order valence-corrected chi connectivity index (χ4v) is 3.99. The Morgan fingerprint density at radius 2 is 1.96 bits per heavy atom. The molecule has 1 aliphatic carbocycles. The van der Waals surface area contributed by atoms with Crippen LogP contribution in [0.2, 0.25) is 0 Å². The molecular weight excluding hydrogens is 326 g/mol. The van der Waals surface area contributed by atoms with Crippen LogP contribution in [0.1, 0.15) is 52.0 Å². The van der Waals surface area contributed by atoms with Crippen LogP contribution in [0.25, 0.3) is 0 Å². The molecule has 136 valence electrons. The second-order valence-corrected chi connectivity index (χ2v) is 7.40. The molecule has 1 fully saturated rings. The van der Waals surface area contributed by atoms with Crippen molar-refractivity contribution in [2.24, 2.45) is 5.73 Å². The molecule has 0 radical (unpaired) electrons. The second kappa shape index (κ2) is 7.08. The maximum absolute atomic E-state index is 11.9. The number of hydrogen-bond acceptors (Lipinski definition) is 4. The Kier molecular flexibility index (Phi) is 4.64. The van der Waals surface area contributed by atoms with Crippen molar-refractivity contribution in [1.29, 1.82) is 0 Å². The highest BCUT2D eigenvalue weighted by molar-refractivity contribution is 5.95. The van der Waals surface area contributed by atoms with E-state index in [0.717, 1.165) is 55.7 Å². The highest BCUT2D eigenvalue weighted by atomic mass is 16.5. The first-order valence-electron chi connectivity index (χ1n) is 9.42. The van der Waals surface area contributed by atoms with Gasteiger partial charge in [0.15, 0.2) is 0 Å². The van der Waals surface area contributed by atoms with Crippen molar-refractivity contribution in [2.75, 3.05) is 13.1 Å². The average molecular weight is 351 g/mol. The van der Waals surface area contributed by atoms with Crippen LogP contribution in [0.4, 0.5) is 0 Å². The summed E-state index contributed by atoms with van der Waals surface area (Å²) in [6.07, 6.45) is 5.49. The molecule has 0 bridgehead atoms. The van der Waals surface area contributed by atoms with Crippen molar-refractivity contribution in [2.45, 2.75) is 45.6 Å². The van der Waals surface area contributed by atoms with E-state index in [0.29, 0.717) is 17.2 Å². The first kappa shape index (κ1) is 17.0. The first-order valence-corrected chi connectivity index (χ1v) is 9.42. The summed E-state index contributed by atoms with van der Waals surface area (Å²) in [5.74, 6) is 0.551. The fraction of sp³-hybridized carbons (Fsp3) is 0.429. The third-order valence-electron chi connectivity index (χ3n) is 5.21. The van der Waals surface area contributed by atoms with Gasteiger partial charge in [-0.2, -0.15) is 0 Å². The number of hydrogen-bond donors (Lipinski definition) is 1. The molecule has 5 nitrogen and oxygen atoms in total. The molecule has 1 amide bonds. The summed E-state index contributed by atoms with van der Waals surface area (Å²) in [6, 6.07) is 8.07. The molecule has 0 atom stereocenters. The van der Waals surface area contributed by atoms with Gasteiger partial charge in [0, 0.05) is 12.2 Å². The van der Waals surface area contributed by atoms with E-state index >= 15 is 0 Å². The lowest BCUT2D eigenvalue weighted by Gasteiger charge is -2.16. The molecule has 1 saturated heterocycles. The number of likely N-dealkylation sites (tertiary alicyclic amines) is 1. The third-order valence-corrected chi connectivity index (χ3v) is 5.21. The lowest BCUT2D eigenvalue weighted by molar-refractivity contribution is 0.0997. The number of carbonyl (C=O) groups is 1. The minimum atomic E-state index is -0.493. The highest BCUT2D eigenvalue weighted by Crippen LogP contribution is 2.30. The molecule has 5 heteroatoms. The van der Waals surface area contributed by atoms with Gasteiger partial charge in [0.1, 0.15) is 11.3 Å². The summed E-state index contributed by atoms with van der Waals surface area (Å²) in [5, 5.41) is 0. The first-order chi connectivity index (χ1) is 12.6. The van der Waals surface area contributed by atoms with Gasteiger partial charge < -0.3 is 10.5 Å². The Labute approximate surface area is 154 Å². The SMILES string of the molecule is Cc1cc(CN2CCCC2)cc(Oc2nc3c(cc2C(N)=O)CCC3)c1. The predicted molar refractivity (Wildman–Crippen MR) is 101 cm³/mol. The number of ether oxygens (including phenoxy) is 1. The Balaban J connectivity index is 1.62. The molecule has 2 N–H and O–H groups in total. The highest BCUT2D eigenvalue weighted by Gasteiger charge is 2.21. The van der Waals surface area contributed by atoms with Crippen LogP contribution in [0.3, 0.4) is 0 Å². The Morgan fingerprint density at radius 3 is 2.73 bits per heavy atom. The summed E-state index contributed by atoms with van der Waals surface area (Å²) >= 11 is 0. The number of carbonyl (C=O) groups excluding carboxylic acids is 1. The van der Waals surface area contributed by atoms with Gasteiger partial charge >= 0.3 is 0 Å². The average Bonchev–Trinajstić information content (AvgIpc) is 3.24. The van der Waals surface area contributed by atoms with E-state index in [9.17, 15) is 4.79 Å². The summed E-state index contributed by atoms with van der Waals surface area (Å²) < 4.78 is 6.05. The monoisotopic (exact) mass is 351 g/mol. The summed E-state index contributed by atoms with van der Waals surface area (Å²) in [4.78, 5) is 18.9. The van der Waals surface area contributed by atoms with Gasteiger partial charge in [-0.15, -0.1) is 0 Å². The van der Waals surface area contributed by atoms with Crippen molar-refractivity contribution < 1.29 is 9.53 Å². The van der Waals surface area contributed by atoms with Crippen LogP contribution in [-0.4, -0.2) is 28.9 Å². The van der Waals surface area contributed by atoms with E-state index in [2.05, 4.69) is 22.9 Å². The van der Waals surface area contributed by atoms with Crippen LogP contribution in [0.15, 0.2) is 24.3 Å². The Morgan fingerprint density at radius 1 is 1.15 bits per heavy atom. The smallest absolute Gasteiger partial charge is 0.254 e. The molecule has 2 heterocycles. The molecule has 0 spiro atoms. The topological polar surface area (TPSA) is 68.4 Å². The van der Waals surface area contributed by atoms with Crippen molar-refractivity contribution in [1.82, 2.24) is 9.88 Å². The number of nitrogens with zero attached hydrogens (tertiary/aromatic N) is 2. The van der Waals surface area contributed by atoms with Gasteiger partial charge in [-0.25, -0.2) is 4.98 Å². The Bertz CT molecular complexity index is 841. The van der Waals surface area contributed by atoms with Gasteiger partial charge in [0.25, 0.3) is 5.91 Å². The molecular formula is C21H25N3O2. The molecule has 1 aliphatic heterocycles. The lowest BCUT2D eigenvalue weighted by atomic mass is 10.1. The van der Waals surface area contributed by atoms with Crippen molar-refractivity contribution in [3.63, 3.8) is 0 Å². The molecule has 2 aliphatic rings. The van der Waals surface area contributed by atoms with Crippen molar-refractivity contribution >= 4 is 5.91 Å². The molecule has 0 saturated carbocycles. The van der Waals surface area contributed by atoms with E-state index < -0.39 is 5.91 Å². The summed E-state index contributed by atoms with van der Waals surface area (Å²) in [7, 11) is 0. The molecule has 4 rings (SSSR count). The van der Waals surface area contributed by atoms with E-state index in [1.807, 2.05) is 18.2 Å². The fourth-order valence-electron chi connectivity index (χ4n) is 3.99. The number of benzene rings is 1. The zero-order valence-electron chi connectivity index (χ0n) is 15.3. The number of fused-ring (bicyclic) bond motifs is 1. The number of aryl methyl sites for hydroxylation is 3. The maximum atomic E-state index is 11.9. The largest absolute Gasteiger partial charge is 0.438 e. The van der Waals surface area contributed by atoms with Crippen LogP contribution in [-0.2, 0) is 19.4 Å². The van der Waals surface area contributed by atoms with Gasteiger partial charge in [-0.3, -0.25) is 9.69 Å². The number of primary amides is 1. The van der Waals surface area contributed by atoms with Crippen LogP contribution < -0.4 is 10.5 Å².